The highest BCUT2D eigenvalue weighted by atomic mass is 32.1. The summed E-state index contributed by atoms with van der Waals surface area (Å²) in [7, 11) is 1.18. The summed E-state index contributed by atoms with van der Waals surface area (Å²) in [5.41, 5.74) is 1.71. The molecule has 0 saturated heterocycles. The number of methoxy groups -OCH3 is 1. The number of aromatic nitrogens is 1. The van der Waals surface area contributed by atoms with E-state index in [0.29, 0.717) is 0 Å². The number of nitrogens with one attached hydrogen (secondary N) is 1. The average Bonchev–Trinajstić information content (AvgIpc) is 2.77. The third-order valence-electron chi connectivity index (χ3n) is 1.64. The van der Waals surface area contributed by atoms with Crippen molar-refractivity contribution in [1.29, 1.82) is 0 Å². The normalized spacial score (nSPS) is 11.9. The Morgan fingerprint density at radius 3 is 2.93 bits per heavy atom. The Hall–Kier alpha value is -1.47. The number of rotatable bonds is 4. The molecular formula is C8H10N2O4S. The van der Waals surface area contributed by atoms with E-state index in [0.717, 1.165) is 0 Å². The number of amides is 1. The zero-order valence-electron chi connectivity index (χ0n) is 7.97. The molecule has 0 fully saturated rings. The van der Waals surface area contributed by atoms with E-state index in [1.807, 2.05) is 0 Å². The van der Waals surface area contributed by atoms with Crippen LogP contribution in [0.25, 0.3) is 0 Å². The summed E-state index contributed by atoms with van der Waals surface area (Å²) in [6.07, 6.45) is 0. The Morgan fingerprint density at radius 1 is 1.73 bits per heavy atom. The molecule has 0 aromatic carbocycles. The van der Waals surface area contributed by atoms with Crippen LogP contribution in [0.3, 0.4) is 0 Å². The summed E-state index contributed by atoms with van der Waals surface area (Å²) < 4.78 is 4.39. The third-order valence-corrected chi connectivity index (χ3v) is 2.23. The van der Waals surface area contributed by atoms with Crippen molar-refractivity contribution in [2.75, 3.05) is 13.7 Å². The van der Waals surface area contributed by atoms with E-state index in [4.69, 9.17) is 5.11 Å². The van der Waals surface area contributed by atoms with Gasteiger partial charge in [-0.3, -0.25) is 4.79 Å². The Balaban J connectivity index is 2.60. The number of aliphatic hydroxyl groups excluding tert-OH is 1. The zero-order valence-corrected chi connectivity index (χ0v) is 8.78. The first-order chi connectivity index (χ1) is 7.19. The Bertz CT molecular complexity index is 338. The number of aliphatic hydroxyl groups is 1. The number of hydrogen-bond donors (Lipinski definition) is 2. The van der Waals surface area contributed by atoms with Crippen molar-refractivity contribution in [2.45, 2.75) is 6.04 Å². The van der Waals surface area contributed by atoms with Crippen LogP contribution in [0.1, 0.15) is 10.5 Å². The van der Waals surface area contributed by atoms with Gasteiger partial charge < -0.3 is 15.2 Å². The molecule has 2 N–H and O–H groups in total. The Labute approximate surface area is 89.9 Å². The smallest absolute Gasteiger partial charge is 0.330 e. The summed E-state index contributed by atoms with van der Waals surface area (Å²) in [5, 5.41) is 12.7. The largest absolute Gasteiger partial charge is 0.467 e. The molecule has 0 aliphatic heterocycles. The van der Waals surface area contributed by atoms with Crippen LogP contribution in [0.15, 0.2) is 10.9 Å². The molecule has 0 saturated carbocycles. The standard InChI is InChI=1S/C8H10N2O4S/c1-14-8(13)5(2-11)10-7(12)6-3-15-4-9-6/h3-5,11H,2H2,1H3,(H,10,12). The van der Waals surface area contributed by atoms with Gasteiger partial charge in [0.25, 0.3) is 5.91 Å². The highest BCUT2D eigenvalue weighted by Crippen LogP contribution is 2.01. The minimum absolute atomic E-state index is 0.211. The highest BCUT2D eigenvalue weighted by molar-refractivity contribution is 7.07. The van der Waals surface area contributed by atoms with E-state index >= 15 is 0 Å². The van der Waals surface area contributed by atoms with Crippen LogP contribution >= 0.6 is 11.3 Å². The molecule has 15 heavy (non-hydrogen) atoms. The van der Waals surface area contributed by atoms with Gasteiger partial charge in [0.2, 0.25) is 0 Å². The van der Waals surface area contributed by atoms with E-state index in [-0.39, 0.29) is 5.69 Å². The minimum atomic E-state index is -1.05. The number of nitrogens with zero attached hydrogens (tertiary/aromatic N) is 1. The SMILES string of the molecule is COC(=O)C(CO)NC(=O)c1cscn1. The van der Waals surface area contributed by atoms with Crippen molar-refractivity contribution in [3.8, 4) is 0 Å². The second-order valence-electron chi connectivity index (χ2n) is 2.61. The number of esters is 1. The van der Waals surface area contributed by atoms with Crippen molar-refractivity contribution in [1.82, 2.24) is 10.3 Å². The van der Waals surface area contributed by atoms with Crippen molar-refractivity contribution >= 4 is 23.2 Å². The van der Waals surface area contributed by atoms with E-state index < -0.39 is 24.5 Å². The van der Waals surface area contributed by atoms with Crippen LogP contribution in [0.4, 0.5) is 0 Å². The fourth-order valence-corrected chi connectivity index (χ4v) is 1.41. The molecule has 0 aliphatic rings. The lowest BCUT2D eigenvalue weighted by molar-refractivity contribution is -0.143. The van der Waals surface area contributed by atoms with Gasteiger partial charge >= 0.3 is 5.97 Å². The van der Waals surface area contributed by atoms with Crippen LogP contribution < -0.4 is 5.32 Å². The van der Waals surface area contributed by atoms with E-state index in [1.54, 1.807) is 5.38 Å². The number of carbonyl (C=O) groups is 2. The number of hydrogen-bond acceptors (Lipinski definition) is 6. The van der Waals surface area contributed by atoms with Gasteiger partial charge in [-0.15, -0.1) is 11.3 Å². The molecule has 1 aromatic heterocycles. The molecule has 1 unspecified atom stereocenters. The molecule has 6 nitrogen and oxygen atoms in total. The number of ether oxygens (including phenoxy) is 1. The van der Waals surface area contributed by atoms with Gasteiger partial charge in [0.05, 0.1) is 19.2 Å². The maximum atomic E-state index is 11.4. The quantitative estimate of drug-likeness (QED) is 0.675. The van der Waals surface area contributed by atoms with Crippen molar-refractivity contribution in [2.24, 2.45) is 0 Å². The minimum Gasteiger partial charge on any atom is -0.467 e. The van der Waals surface area contributed by atoms with Gasteiger partial charge in [-0.1, -0.05) is 0 Å². The van der Waals surface area contributed by atoms with E-state index in [1.165, 1.54) is 24.0 Å². The molecule has 82 valence electrons. The summed E-state index contributed by atoms with van der Waals surface area (Å²) in [4.78, 5) is 26.2. The van der Waals surface area contributed by atoms with Crippen LogP contribution in [0, 0.1) is 0 Å². The zero-order chi connectivity index (χ0) is 11.3. The first kappa shape index (κ1) is 11.6. The molecule has 0 spiro atoms. The van der Waals surface area contributed by atoms with Crippen LogP contribution in [-0.2, 0) is 9.53 Å². The predicted octanol–water partition coefficient (Wildman–Crippen LogP) is -0.593. The molecule has 1 heterocycles. The number of carbonyl (C=O) groups excluding carboxylic acids is 2. The summed E-state index contributed by atoms with van der Waals surface area (Å²) >= 11 is 1.27. The third kappa shape index (κ3) is 3.00. The maximum absolute atomic E-state index is 11.4. The molecular weight excluding hydrogens is 220 g/mol. The van der Waals surface area contributed by atoms with Crippen LogP contribution in [0.5, 0.6) is 0 Å². The average molecular weight is 230 g/mol. The molecule has 1 rings (SSSR count). The van der Waals surface area contributed by atoms with E-state index in [9.17, 15) is 9.59 Å². The fourth-order valence-electron chi connectivity index (χ4n) is 0.878. The molecule has 1 aromatic rings. The lowest BCUT2D eigenvalue weighted by Crippen LogP contribution is -2.44. The summed E-state index contributed by atoms with van der Waals surface area (Å²) in [6, 6.07) is -1.05. The fraction of sp³-hybridized carbons (Fsp3) is 0.375. The second-order valence-corrected chi connectivity index (χ2v) is 3.32. The first-order valence-corrected chi connectivity index (χ1v) is 5.01. The van der Waals surface area contributed by atoms with Crippen molar-refractivity contribution < 1.29 is 19.4 Å². The summed E-state index contributed by atoms with van der Waals surface area (Å²) in [6.45, 7) is -0.511. The van der Waals surface area contributed by atoms with Crippen LogP contribution in [0.2, 0.25) is 0 Å². The Morgan fingerprint density at radius 2 is 2.47 bits per heavy atom. The number of thiazole rings is 1. The second kappa shape index (κ2) is 5.42. The first-order valence-electron chi connectivity index (χ1n) is 4.06. The molecule has 1 amide bonds. The molecule has 0 radical (unpaired) electrons. The summed E-state index contributed by atoms with van der Waals surface area (Å²) in [5.74, 6) is -1.21. The van der Waals surface area contributed by atoms with Crippen LogP contribution in [-0.4, -0.2) is 41.7 Å². The predicted molar refractivity (Wildman–Crippen MR) is 52.5 cm³/mol. The lowest BCUT2D eigenvalue weighted by Gasteiger charge is -2.12. The van der Waals surface area contributed by atoms with Gasteiger partial charge in [0, 0.05) is 5.38 Å². The molecule has 0 aliphatic carbocycles. The molecule has 0 bridgehead atoms. The van der Waals surface area contributed by atoms with Crippen molar-refractivity contribution in [3.05, 3.63) is 16.6 Å². The highest BCUT2D eigenvalue weighted by Gasteiger charge is 2.21. The molecule has 7 heteroatoms. The van der Waals surface area contributed by atoms with Crippen molar-refractivity contribution in [3.63, 3.8) is 0 Å². The van der Waals surface area contributed by atoms with Gasteiger partial charge in [0.1, 0.15) is 5.69 Å². The maximum Gasteiger partial charge on any atom is 0.330 e. The van der Waals surface area contributed by atoms with Gasteiger partial charge in [-0.2, -0.15) is 0 Å². The monoisotopic (exact) mass is 230 g/mol. The van der Waals surface area contributed by atoms with E-state index in [2.05, 4.69) is 15.0 Å². The Kier molecular flexibility index (Phi) is 4.19. The van der Waals surface area contributed by atoms with Gasteiger partial charge in [-0.25, -0.2) is 9.78 Å². The topological polar surface area (TPSA) is 88.5 Å². The lowest BCUT2D eigenvalue weighted by atomic mass is 10.3. The van der Waals surface area contributed by atoms with Gasteiger partial charge in [-0.05, 0) is 0 Å². The van der Waals surface area contributed by atoms with Gasteiger partial charge in [0.15, 0.2) is 6.04 Å². The molecule has 1 atom stereocenters.